The third-order valence-electron chi connectivity index (χ3n) is 3.14. The topological polar surface area (TPSA) is 43.3 Å². The number of fused-ring (bicyclic) bond motifs is 1. The summed E-state index contributed by atoms with van der Waals surface area (Å²) in [6.07, 6.45) is 3.88. The summed E-state index contributed by atoms with van der Waals surface area (Å²) in [5, 5.41) is 4.68. The van der Waals surface area contributed by atoms with Crippen molar-refractivity contribution in [3.63, 3.8) is 0 Å². The predicted molar refractivity (Wildman–Crippen MR) is 81.2 cm³/mol. The Hall–Kier alpha value is -1.46. The van der Waals surface area contributed by atoms with E-state index >= 15 is 0 Å². The number of rotatable bonds is 4. The molecule has 0 atom stereocenters. The Morgan fingerprint density at radius 1 is 1.25 bits per heavy atom. The zero-order valence-electron chi connectivity index (χ0n) is 11.3. The molecule has 0 saturated heterocycles. The van der Waals surface area contributed by atoms with Crippen LogP contribution in [0, 0.1) is 13.8 Å². The lowest BCUT2D eigenvalue weighted by Gasteiger charge is -1.98. The maximum atomic E-state index is 5.96. The molecule has 0 N–H and O–H groups in total. The second-order valence-electron chi connectivity index (χ2n) is 4.64. The largest absolute Gasteiger partial charge is 0.361 e. The van der Waals surface area contributed by atoms with Gasteiger partial charge in [0.05, 0.1) is 16.4 Å². The maximum absolute atomic E-state index is 5.96. The van der Waals surface area contributed by atoms with Crippen molar-refractivity contribution in [2.45, 2.75) is 25.4 Å². The van der Waals surface area contributed by atoms with Crippen molar-refractivity contribution in [3.8, 4) is 0 Å². The molecule has 0 fully saturated rings. The van der Waals surface area contributed by atoms with Gasteiger partial charge in [-0.2, -0.15) is 11.8 Å². The van der Waals surface area contributed by atoms with E-state index < -0.39 is 0 Å². The van der Waals surface area contributed by atoms with Crippen molar-refractivity contribution >= 4 is 29.0 Å². The van der Waals surface area contributed by atoms with Crippen molar-refractivity contribution in [3.05, 3.63) is 52.3 Å². The van der Waals surface area contributed by atoms with Crippen LogP contribution in [0.15, 0.2) is 29.0 Å². The summed E-state index contributed by atoms with van der Waals surface area (Å²) in [4.78, 5) is 4.56. The minimum Gasteiger partial charge on any atom is -0.361 e. The molecule has 0 radical (unpaired) electrons. The van der Waals surface area contributed by atoms with Gasteiger partial charge in [-0.15, -0.1) is 0 Å². The molecule has 0 unspecified atom stereocenters. The molecule has 3 aromatic rings. The van der Waals surface area contributed by atoms with Gasteiger partial charge in [0.2, 0.25) is 0 Å². The highest BCUT2D eigenvalue weighted by Crippen LogP contribution is 2.22. The van der Waals surface area contributed by atoms with Crippen LogP contribution >= 0.6 is 23.4 Å². The molecule has 0 aliphatic carbocycles. The molecule has 0 bridgehead atoms. The minimum atomic E-state index is 0.713. The lowest BCUT2D eigenvalue weighted by atomic mass is 10.2. The Morgan fingerprint density at radius 2 is 2.10 bits per heavy atom. The van der Waals surface area contributed by atoms with E-state index in [-0.39, 0.29) is 0 Å². The maximum Gasteiger partial charge on any atom is 0.137 e. The average Bonchev–Trinajstić information content (AvgIpc) is 2.95. The first-order valence-corrected chi connectivity index (χ1v) is 7.79. The van der Waals surface area contributed by atoms with Gasteiger partial charge >= 0.3 is 0 Å². The molecule has 0 spiro atoms. The number of thioether (sulfide) groups is 1. The van der Waals surface area contributed by atoms with Gasteiger partial charge < -0.3 is 8.92 Å². The SMILES string of the molecule is Cc1noc(C)c1CSCc1cn2cc(Cl)ccc2n1. The molecular weight excluding hydrogens is 294 g/mol. The first-order chi connectivity index (χ1) is 9.63. The molecule has 0 saturated carbocycles. The van der Waals surface area contributed by atoms with Crippen molar-refractivity contribution in [2.24, 2.45) is 0 Å². The predicted octanol–water partition coefficient (Wildman–Crippen LogP) is 4.03. The molecule has 3 aromatic heterocycles. The highest BCUT2D eigenvalue weighted by Gasteiger charge is 2.09. The van der Waals surface area contributed by atoms with Gasteiger partial charge in [-0.3, -0.25) is 0 Å². The summed E-state index contributed by atoms with van der Waals surface area (Å²) in [6, 6.07) is 3.77. The first-order valence-electron chi connectivity index (χ1n) is 6.26. The normalized spacial score (nSPS) is 11.3. The van der Waals surface area contributed by atoms with Crippen LogP contribution in [0.4, 0.5) is 0 Å². The van der Waals surface area contributed by atoms with E-state index in [0.717, 1.165) is 34.3 Å². The molecule has 20 heavy (non-hydrogen) atoms. The fourth-order valence-corrected chi connectivity index (χ4v) is 3.29. The summed E-state index contributed by atoms with van der Waals surface area (Å²) in [6.45, 7) is 3.92. The van der Waals surface area contributed by atoms with Gasteiger partial charge in [0.1, 0.15) is 11.4 Å². The number of hydrogen-bond acceptors (Lipinski definition) is 4. The van der Waals surface area contributed by atoms with E-state index in [4.69, 9.17) is 16.1 Å². The van der Waals surface area contributed by atoms with Crippen LogP contribution in [-0.2, 0) is 11.5 Å². The Labute approximate surface area is 126 Å². The molecule has 3 rings (SSSR count). The molecule has 0 aromatic carbocycles. The van der Waals surface area contributed by atoms with Crippen LogP contribution in [0.5, 0.6) is 0 Å². The van der Waals surface area contributed by atoms with Crippen molar-refractivity contribution in [1.82, 2.24) is 14.5 Å². The number of imidazole rings is 1. The van der Waals surface area contributed by atoms with Gasteiger partial charge in [-0.1, -0.05) is 16.8 Å². The van der Waals surface area contributed by atoms with E-state index in [2.05, 4.69) is 10.1 Å². The van der Waals surface area contributed by atoms with Crippen molar-refractivity contribution in [2.75, 3.05) is 0 Å². The Morgan fingerprint density at radius 3 is 2.85 bits per heavy atom. The van der Waals surface area contributed by atoms with Gasteiger partial charge in [0, 0.05) is 29.5 Å². The minimum absolute atomic E-state index is 0.713. The van der Waals surface area contributed by atoms with E-state index in [1.165, 1.54) is 5.56 Å². The highest BCUT2D eigenvalue weighted by molar-refractivity contribution is 7.97. The number of hydrogen-bond donors (Lipinski definition) is 0. The van der Waals surface area contributed by atoms with Gasteiger partial charge in [0.15, 0.2) is 0 Å². The van der Waals surface area contributed by atoms with Crippen LogP contribution in [-0.4, -0.2) is 14.5 Å². The Kier molecular flexibility index (Phi) is 3.72. The Balaban J connectivity index is 1.68. The molecule has 6 heteroatoms. The van der Waals surface area contributed by atoms with Crippen molar-refractivity contribution in [1.29, 1.82) is 0 Å². The summed E-state index contributed by atoms with van der Waals surface area (Å²) < 4.78 is 7.11. The standard InChI is InChI=1S/C14H14ClN3OS/c1-9-13(10(2)19-17-9)8-20-7-12-6-18-5-11(15)3-4-14(18)16-12/h3-6H,7-8H2,1-2H3. The van der Waals surface area contributed by atoms with Crippen LogP contribution in [0.3, 0.4) is 0 Å². The molecule has 104 valence electrons. The summed E-state index contributed by atoms with van der Waals surface area (Å²) in [5.74, 6) is 2.64. The van der Waals surface area contributed by atoms with Crippen LogP contribution in [0.25, 0.3) is 5.65 Å². The third-order valence-corrected chi connectivity index (χ3v) is 4.36. The monoisotopic (exact) mass is 307 g/mol. The van der Waals surface area contributed by atoms with Gasteiger partial charge in [-0.05, 0) is 26.0 Å². The summed E-state index contributed by atoms with van der Waals surface area (Å²) in [7, 11) is 0. The van der Waals surface area contributed by atoms with Crippen molar-refractivity contribution < 1.29 is 4.52 Å². The van der Waals surface area contributed by atoms with E-state index in [1.807, 2.05) is 42.8 Å². The average molecular weight is 308 g/mol. The lowest BCUT2D eigenvalue weighted by Crippen LogP contribution is -1.86. The molecule has 0 aliphatic heterocycles. The van der Waals surface area contributed by atoms with Gasteiger partial charge in [-0.25, -0.2) is 4.98 Å². The van der Waals surface area contributed by atoms with Crippen LogP contribution in [0.1, 0.15) is 22.7 Å². The van der Waals surface area contributed by atoms with Crippen LogP contribution in [0.2, 0.25) is 5.02 Å². The zero-order chi connectivity index (χ0) is 14.1. The number of nitrogens with zero attached hydrogens (tertiary/aromatic N) is 3. The fourth-order valence-electron chi connectivity index (χ4n) is 2.05. The molecule has 0 aliphatic rings. The lowest BCUT2D eigenvalue weighted by molar-refractivity contribution is 0.392. The second-order valence-corrected chi connectivity index (χ2v) is 6.06. The highest BCUT2D eigenvalue weighted by atomic mass is 35.5. The smallest absolute Gasteiger partial charge is 0.137 e. The first kappa shape index (κ1) is 13.5. The number of pyridine rings is 1. The zero-order valence-corrected chi connectivity index (χ0v) is 12.8. The number of halogens is 1. The van der Waals surface area contributed by atoms with E-state index in [1.54, 1.807) is 11.8 Å². The summed E-state index contributed by atoms with van der Waals surface area (Å²) >= 11 is 7.77. The molecular formula is C14H14ClN3OS. The quantitative estimate of drug-likeness (QED) is 0.730. The summed E-state index contributed by atoms with van der Waals surface area (Å²) in [5.41, 5.74) is 4.12. The van der Waals surface area contributed by atoms with E-state index in [0.29, 0.717) is 5.02 Å². The number of aromatic nitrogens is 3. The van der Waals surface area contributed by atoms with E-state index in [9.17, 15) is 0 Å². The molecule has 4 nitrogen and oxygen atoms in total. The second kappa shape index (κ2) is 5.50. The van der Waals surface area contributed by atoms with Crippen LogP contribution < -0.4 is 0 Å². The fraction of sp³-hybridized carbons (Fsp3) is 0.286. The van der Waals surface area contributed by atoms with Gasteiger partial charge in [0.25, 0.3) is 0 Å². The molecule has 0 amide bonds. The number of aryl methyl sites for hydroxylation is 2. The third kappa shape index (κ3) is 2.69. The molecule has 3 heterocycles. The Bertz CT molecular complexity index is 731.